The van der Waals surface area contributed by atoms with Crippen molar-refractivity contribution >= 4 is 16.7 Å². The number of carbonyl (C=O) groups is 1. The van der Waals surface area contributed by atoms with Gasteiger partial charge >= 0.3 is 6.18 Å². The van der Waals surface area contributed by atoms with Gasteiger partial charge in [-0.15, -0.1) is 0 Å². The molecule has 1 unspecified atom stereocenters. The third-order valence-corrected chi connectivity index (χ3v) is 6.16. The van der Waals surface area contributed by atoms with E-state index < -0.39 is 17.6 Å². The molecule has 170 valence electrons. The highest BCUT2D eigenvalue weighted by molar-refractivity contribution is 5.90. The minimum absolute atomic E-state index is 0.00595. The number of rotatable bonds is 9. The van der Waals surface area contributed by atoms with Crippen LogP contribution in [0.3, 0.4) is 0 Å². The third kappa shape index (κ3) is 5.40. The second kappa shape index (κ2) is 9.60. The van der Waals surface area contributed by atoms with Crippen LogP contribution < -0.4 is 5.43 Å². The molecule has 1 saturated heterocycles. The Kier molecular flexibility index (Phi) is 7.30. The van der Waals surface area contributed by atoms with E-state index >= 15 is 0 Å². The average Bonchev–Trinajstić information content (AvgIpc) is 2.95. The number of halogens is 3. The second-order valence-corrected chi connectivity index (χ2v) is 9.28. The van der Waals surface area contributed by atoms with Crippen LogP contribution in [-0.4, -0.2) is 23.6 Å². The Labute approximate surface area is 183 Å². The number of fused-ring (bicyclic) bond motifs is 1. The summed E-state index contributed by atoms with van der Waals surface area (Å²) in [6, 6.07) is 8.94. The van der Waals surface area contributed by atoms with Crippen molar-refractivity contribution in [3.63, 3.8) is 0 Å². The summed E-state index contributed by atoms with van der Waals surface area (Å²) in [5, 5.41) is 2.54. The summed E-state index contributed by atoms with van der Waals surface area (Å²) in [6.07, 6.45) is 3.06. The summed E-state index contributed by atoms with van der Waals surface area (Å²) >= 11 is 0. The number of benzene rings is 2. The summed E-state index contributed by atoms with van der Waals surface area (Å²) in [6.45, 7) is 5.52. The van der Waals surface area contributed by atoms with Crippen LogP contribution in [0.5, 0.6) is 0 Å². The molecule has 0 radical (unpaired) electrons. The molecule has 1 fully saturated rings. The number of nitrogens with zero attached hydrogens (tertiary/aromatic N) is 1. The van der Waals surface area contributed by atoms with Gasteiger partial charge in [-0.25, -0.2) is 5.01 Å². The lowest BCUT2D eigenvalue weighted by Crippen LogP contribution is -2.43. The molecule has 1 atom stereocenters. The normalized spacial score (nSPS) is 17.8. The summed E-state index contributed by atoms with van der Waals surface area (Å²) in [5.41, 5.74) is 2.77. The Bertz CT molecular complexity index is 902. The van der Waals surface area contributed by atoms with Crippen molar-refractivity contribution in [1.82, 2.24) is 10.4 Å². The molecule has 3 nitrogen and oxygen atoms in total. The maximum Gasteiger partial charge on any atom is 0.409 e. The van der Waals surface area contributed by atoms with Crippen LogP contribution in [0.15, 0.2) is 36.4 Å². The van der Waals surface area contributed by atoms with Gasteiger partial charge in [0.25, 0.3) is 0 Å². The predicted molar refractivity (Wildman–Crippen MR) is 118 cm³/mol. The van der Waals surface area contributed by atoms with Crippen LogP contribution in [0.2, 0.25) is 0 Å². The molecule has 31 heavy (non-hydrogen) atoms. The number of unbranched alkanes of at least 4 members (excludes halogenated alkanes) is 5. The molecule has 1 N–H and O–H groups in total. The quantitative estimate of drug-likeness (QED) is 0.444. The van der Waals surface area contributed by atoms with Gasteiger partial charge in [-0.2, -0.15) is 13.2 Å². The van der Waals surface area contributed by atoms with E-state index in [1.54, 1.807) is 26.0 Å². The molecule has 2 aromatic carbocycles. The number of hydrogen-bond acceptors (Lipinski definition) is 2. The summed E-state index contributed by atoms with van der Waals surface area (Å²) < 4.78 is 43.0. The van der Waals surface area contributed by atoms with Crippen LogP contribution in [-0.2, 0) is 11.2 Å². The van der Waals surface area contributed by atoms with E-state index in [0.29, 0.717) is 5.39 Å². The number of hydrogen-bond donors (Lipinski definition) is 1. The average molecular weight is 435 g/mol. The Morgan fingerprint density at radius 1 is 1.03 bits per heavy atom. The van der Waals surface area contributed by atoms with Gasteiger partial charge in [0.05, 0.1) is 5.41 Å². The standard InChI is InChI=1S/C25H33F3N2O/c1-4-5-6-7-8-9-12-18-13-10-14-19-15-11-16-20(21(18)19)22(25(26,27)28)30-17-24(2,3)23(31)29-30/h10-11,13-16,22H,4-9,12,17H2,1-3H3,(H,29,31). The minimum Gasteiger partial charge on any atom is -0.287 e. The topological polar surface area (TPSA) is 32.3 Å². The van der Waals surface area contributed by atoms with Crippen LogP contribution in [0, 0.1) is 5.41 Å². The fourth-order valence-electron chi connectivity index (χ4n) is 4.48. The first-order valence-corrected chi connectivity index (χ1v) is 11.3. The van der Waals surface area contributed by atoms with E-state index in [4.69, 9.17) is 0 Å². The van der Waals surface area contributed by atoms with Crippen LogP contribution in [0.1, 0.15) is 76.5 Å². The van der Waals surface area contributed by atoms with Crippen LogP contribution in [0.4, 0.5) is 13.2 Å². The molecule has 0 aliphatic carbocycles. The van der Waals surface area contributed by atoms with Gasteiger partial charge in [0.1, 0.15) is 0 Å². The van der Waals surface area contributed by atoms with Crippen molar-refractivity contribution in [1.29, 1.82) is 0 Å². The number of aryl methyl sites for hydroxylation is 1. The number of alkyl halides is 3. The van der Waals surface area contributed by atoms with Gasteiger partial charge in [0.2, 0.25) is 5.91 Å². The van der Waals surface area contributed by atoms with Crippen molar-refractivity contribution in [2.75, 3.05) is 6.54 Å². The van der Waals surface area contributed by atoms with Gasteiger partial charge in [-0.05, 0) is 48.6 Å². The Morgan fingerprint density at radius 3 is 2.29 bits per heavy atom. The van der Waals surface area contributed by atoms with E-state index in [9.17, 15) is 18.0 Å². The van der Waals surface area contributed by atoms with Crippen molar-refractivity contribution in [3.8, 4) is 0 Å². The molecule has 1 amide bonds. The van der Waals surface area contributed by atoms with Gasteiger partial charge < -0.3 is 0 Å². The highest BCUT2D eigenvalue weighted by Gasteiger charge is 2.51. The van der Waals surface area contributed by atoms with E-state index in [1.165, 1.54) is 19.3 Å². The van der Waals surface area contributed by atoms with Gasteiger partial charge in [0.15, 0.2) is 6.04 Å². The zero-order valence-corrected chi connectivity index (χ0v) is 18.7. The first-order chi connectivity index (χ1) is 14.6. The van der Waals surface area contributed by atoms with E-state index in [0.717, 1.165) is 41.6 Å². The van der Waals surface area contributed by atoms with Gasteiger partial charge in [-0.1, -0.05) is 75.4 Å². The smallest absolute Gasteiger partial charge is 0.287 e. The van der Waals surface area contributed by atoms with Crippen LogP contribution >= 0.6 is 0 Å². The molecule has 2 aromatic rings. The van der Waals surface area contributed by atoms with Gasteiger partial charge in [-0.3, -0.25) is 10.2 Å². The summed E-state index contributed by atoms with van der Waals surface area (Å²) in [4.78, 5) is 12.2. The largest absolute Gasteiger partial charge is 0.409 e. The first kappa shape index (κ1) is 23.6. The first-order valence-electron chi connectivity index (χ1n) is 11.3. The Hall–Kier alpha value is -2.08. The molecule has 1 aliphatic heterocycles. The molecule has 1 aliphatic rings. The minimum atomic E-state index is -4.52. The van der Waals surface area contributed by atoms with Crippen LogP contribution in [0.25, 0.3) is 10.8 Å². The SMILES string of the molecule is CCCCCCCCc1cccc2cccc(C(N3CC(C)(C)C(=O)N3)C(F)(F)F)c12. The van der Waals surface area contributed by atoms with Gasteiger partial charge in [0, 0.05) is 6.54 Å². The molecule has 0 aromatic heterocycles. The number of carbonyl (C=O) groups excluding carboxylic acids is 1. The van der Waals surface area contributed by atoms with E-state index in [1.807, 2.05) is 24.3 Å². The second-order valence-electron chi connectivity index (χ2n) is 9.28. The molecule has 1 heterocycles. The maximum atomic E-state index is 14.3. The van der Waals surface area contributed by atoms with Crippen molar-refractivity contribution in [2.24, 2.45) is 5.41 Å². The fourth-order valence-corrected chi connectivity index (χ4v) is 4.48. The highest BCUT2D eigenvalue weighted by Crippen LogP contribution is 2.43. The number of amides is 1. The van der Waals surface area contributed by atoms with Crippen molar-refractivity contribution < 1.29 is 18.0 Å². The molecule has 0 spiro atoms. The summed E-state index contributed by atoms with van der Waals surface area (Å²) in [5.74, 6) is -0.380. The molecular formula is C25H33F3N2O. The molecule has 0 bridgehead atoms. The molecule has 6 heteroatoms. The van der Waals surface area contributed by atoms with Crippen molar-refractivity contribution in [2.45, 2.75) is 77.9 Å². The Balaban J connectivity index is 1.95. The monoisotopic (exact) mass is 434 g/mol. The van der Waals surface area contributed by atoms with E-state index in [2.05, 4.69) is 12.3 Å². The molecular weight excluding hydrogens is 401 g/mol. The predicted octanol–water partition coefficient (Wildman–Crippen LogP) is 6.72. The zero-order valence-electron chi connectivity index (χ0n) is 18.7. The number of nitrogens with one attached hydrogen (secondary N) is 1. The van der Waals surface area contributed by atoms with Crippen molar-refractivity contribution in [3.05, 3.63) is 47.5 Å². The summed E-state index contributed by atoms with van der Waals surface area (Å²) in [7, 11) is 0. The molecule has 0 saturated carbocycles. The zero-order chi connectivity index (χ0) is 22.6. The lowest BCUT2D eigenvalue weighted by atomic mass is 9.90. The third-order valence-electron chi connectivity index (χ3n) is 6.16. The lowest BCUT2D eigenvalue weighted by molar-refractivity contribution is -0.191. The Morgan fingerprint density at radius 2 is 1.68 bits per heavy atom. The lowest BCUT2D eigenvalue weighted by Gasteiger charge is -2.31. The highest BCUT2D eigenvalue weighted by atomic mass is 19.4. The number of hydrazine groups is 1. The molecule has 3 rings (SSSR count). The van der Waals surface area contributed by atoms with E-state index in [-0.39, 0.29) is 18.0 Å². The maximum absolute atomic E-state index is 14.3. The fraction of sp³-hybridized carbons (Fsp3) is 0.560.